The molecule has 4 rings (SSSR count). The lowest BCUT2D eigenvalue weighted by Crippen LogP contribution is -2.38. The highest BCUT2D eigenvalue weighted by molar-refractivity contribution is 7.89. The zero-order chi connectivity index (χ0) is 20.6. The number of nitro groups is 1. The number of fused-ring (bicyclic) bond motifs is 1. The number of hydrogen-bond acceptors (Lipinski definition) is 7. The second-order valence-electron chi connectivity index (χ2n) is 7.54. The predicted octanol–water partition coefficient (Wildman–Crippen LogP) is 2.20. The third-order valence-corrected chi connectivity index (χ3v) is 6.99. The summed E-state index contributed by atoms with van der Waals surface area (Å²) in [4.78, 5) is 14.3. The molecular formula is C18H22N4O6S. The highest BCUT2D eigenvalue weighted by atomic mass is 32.2. The Morgan fingerprint density at radius 1 is 1.24 bits per heavy atom. The van der Waals surface area contributed by atoms with Crippen molar-refractivity contribution in [2.75, 3.05) is 19.7 Å². The van der Waals surface area contributed by atoms with E-state index in [1.807, 2.05) is 6.92 Å². The summed E-state index contributed by atoms with van der Waals surface area (Å²) in [6, 6.07) is 6.53. The molecule has 1 aromatic heterocycles. The number of ether oxygens (including phenoxy) is 2. The molecule has 1 aromatic carbocycles. The van der Waals surface area contributed by atoms with Crippen LogP contribution in [-0.2, 0) is 16.6 Å². The molecule has 1 saturated heterocycles. The number of imidazole rings is 1. The Hall–Kier alpha value is -2.66. The molecule has 0 saturated carbocycles. The van der Waals surface area contributed by atoms with Crippen molar-refractivity contribution in [3.63, 3.8) is 0 Å². The van der Waals surface area contributed by atoms with Crippen LogP contribution in [0.5, 0.6) is 11.8 Å². The molecule has 0 N–H and O–H groups in total. The molecule has 3 heterocycles. The summed E-state index contributed by atoms with van der Waals surface area (Å²) in [6.45, 7) is 3.49. The van der Waals surface area contributed by atoms with E-state index in [1.165, 1.54) is 10.5 Å². The second kappa shape index (κ2) is 7.30. The number of sulfonamides is 1. The largest absolute Gasteiger partial charge is 0.489 e. The summed E-state index contributed by atoms with van der Waals surface area (Å²) >= 11 is 0. The van der Waals surface area contributed by atoms with Crippen molar-refractivity contribution >= 4 is 15.8 Å². The quantitative estimate of drug-likeness (QED) is 0.517. The molecule has 156 valence electrons. The molecule has 10 nitrogen and oxygen atoms in total. The minimum Gasteiger partial charge on any atom is -0.489 e. The number of piperidine rings is 1. The highest BCUT2D eigenvalue weighted by Gasteiger charge is 2.41. The molecule has 0 unspecified atom stereocenters. The van der Waals surface area contributed by atoms with Crippen LogP contribution in [0.25, 0.3) is 0 Å². The van der Waals surface area contributed by atoms with Crippen LogP contribution < -0.4 is 9.47 Å². The SMILES string of the molecule is C[C@]1(COc2ccc(S(=O)(=O)N3CCCCC3)cc2)Cn2cc([N+](=O)[O-])nc2O1. The van der Waals surface area contributed by atoms with Crippen molar-refractivity contribution in [1.82, 2.24) is 13.9 Å². The average molecular weight is 422 g/mol. The molecule has 0 bridgehead atoms. The molecule has 1 fully saturated rings. The van der Waals surface area contributed by atoms with Crippen molar-refractivity contribution in [1.29, 1.82) is 0 Å². The van der Waals surface area contributed by atoms with Gasteiger partial charge in [0.15, 0.2) is 5.60 Å². The first-order valence-corrected chi connectivity index (χ1v) is 10.8. The molecule has 2 aromatic rings. The third-order valence-electron chi connectivity index (χ3n) is 5.08. The summed E-state index contributed by atoms with van der Waals surface area (Å²) in [5.74, 6) is 0.261. The lowest BCUT2D eigenvalue weighted by Gasteiger charge is -2.26. The molecule has 0 spiro atoms. The lowest BCUT2D eigenvalue weighted by molar-refractivity contribution is -0.389. The van der Waals surface area contributed by atoms with E-state index in [9.17, 15) is 18.5 Å². The summed E-state index contributed by atoms with van der Waals surface area (Å²) in [5, 5.41) is 10.8. The van der Waals surface area contributed by atoms with Gasteiger partial charge >= 0.3 is 11.8 Å². The molecule has 1 atom stereocenters. The minimum absolute atomic E-state index is 0.183. The Labute approximate surface area is 168 Å². The van der Waals surface area contributed by atoms with Crippen LogP contribution in [-0.4, -0.2) is 52.5 Å². The molecular weight excluding hydrogens is 400 g/mol. The fourth-order valence-corrected chi connectivity index (χ4v) is 5.07. The maximum atomic E-state index is 12.7. The Morgan fingerprint density at radius 2 is 1.93 bits per heavy atom. The van der Waals surface area contributed by atoms with Crippen LogP contribution in [0.4, 0.5) is 5.82 Å². The molecule has 0 amide bonds. The first-order valence-electron chi connectivity index (χ1n) is 9.40. The van der Waals surface area contributed by atoms with Crippen molar-refractivity contribution in [3.05, 3.63) is 40.6 Å². The Balaban J connectivity index is 1.38. The summed E-state index contributed by atoms with van der Waals surface area (Å²) in [5.41, 5.74) is -0.726. The molecule has 11 heteroatoms. The van der Waals surface area contributed by atoms with E-state index >= 15 is 0 Å². The van der Waals surface area contributed by atoms with Gasteiger partial charge in [0, 0.05) is 18.1 Å². The second-order valence-corrected chi connectivity index (χ2v) is 9.48. The van der Waals surface area contributed by atoms with E-state index < -0.39 is 20.5 Å². The zero-order valence-electron chi connectivity index (χ0n) is 16.0. The maximum Gasteiger partial charge on any atom is 0.415 e. The van der Waals surface area contributed by atoms with Crippen LogP contribution in [0.3, 0.4) is 0 Å². The molecule has 2 aliphatic heterocycles. The topological polar surface area (TPSA) is 117 Å². The predicted molar refractivity (Wildman–Crippen MR) is 102 cm³/mol. The van der Waals surface area contributed by atoms with Gasteiger partial charge in [-0.1, -0.05) is 6.42 Å². The van der Waals surface area contributed by atoms with E-state index in [4.69, 9.17) is 9.47 Å². The van der Waals surface area contributed by atoms with Crippen molar-refractivity contribution < 1.29 is 22.8 Å². The number of nitrogens with zero attached hydrogens (tertiary/aromatic N) is 4. The maximum absolute atomic E-state index is 12.7. The van der Waals surface area contributed by atoms with Crippen molar-refractivity contribution in [2.24, 2.45) is 0 Å². The zero-order valence-corrected chi connectivity index (χ0v) is 16.8. The van der Waals surface area contributed by atoms with Crippen LogP contribution >= 0.6 is 0 Å². The lowest BCUT2D eigenvalue weighted by atomic mass is 10.1. The number of rotatable bonds is 6. The van der Waals surface area contributed by atoms with Gasteiger partial charge in [0.1, 0.15) is 18.6 Å². The summed E-state index contributed by atoms with van der Waals surface area (Å²) in [7, 11) is -3.47. The fourth-order valence-electron chi connectivity index (χ4n) is 3.55. The van der Waals surface area contributed by atoms with Crippen molar-refractivity contribution in [2.45, 2.75) is 43.2 Å². The van der Waals surface area contributed by atoms with E-state index in [-0.39, 0.29) is 23.3 Å². The molecule has 0 radical (unpaired) electrons. The standard InChI is InChI=1S/C18H22N4O6S/c1-18(12-20-11-16(22(23)24)19-17(20)28-18)13-27-14-5-7-15(8-6-14)29(25,26)21-9-3-2-4-10-21/h5-8,11H,2-4,9-10,12-13H2,1H3/t18-/m1/s1. The number of aromatic nitrogens is 2. The van der Waals surface area contributed by atoms with Crippen LogP contribution in [0.2, 0.25) is 0 Å². The van der Waals surface area contributed by atoms with Crippen molar-refractivity contribution in [3.8, 4) is 11.8 Å². The monoisotopic (exact) mass is 422 g/mol. The van der Waals surface area contributed by atoms with E-state index in [0.717, 1.165) is 19.3 Å². The summed E-state index contributed by atoms with van der Waals surface area (Å²) in [6.07, 6.45) is 4.17. The summed E-state index contributed by atoms with van der Waals surface area (Å²) < 4.78 is 40.0. The number of benzene rings is 1. The molecule has 0 aliphatic carbocycles. The Bertz CT molecular complexity index is 988. The third kappa shape index (κ3) is 3.92. The molecule has 29 heavy (non-hydrogen) atoms. The number of hydrogen-bond donors (Lipinski definition) is 0. The Kier molecular flexibility index (Phi) is 4.95. The van der Waals surface area contributed by atoms with Crippen LogP contribution in [0, 0.1) is 10.1 Å². The van der Waals surface area contributed by atoms with Gasteiger partial charge in [0.05, 0.1) is 11.4 Å². The van der Waals surface area contributed by atoms with E-state index in [0.29, 0.717) is 25.4 Å². The van der Waals surface area contributed by atoms with Gasteiger partial charge in [-0.25, -0.2) is 8.42 Å². The smallest absolute Gasteiger partial charge is 0.415 e. The fraction of sp³-hybridized carbons (Fsp3) is 0.500. The molecule has 2 aliphatic rings. The van der Waals surface area contributed by atoms with Gasteiger partial charge in [-0.3, -0.25) is 4.57 Å². The Morgan fingerprint density at radius 3 is 2.55 bits per heavy atom. The minimum atomic E-state index is -3.47. The van der Waals surface area contributed by atoms with Gasteiger partial charge in [0.2, 0.25) is 10.0 Å². The van der Waals surface area contributed by atoms with Gasteiger partial charge in [0.25, 0.3) is 0 Å². The van der Waals surface area contributed by atoms with Gasteiger partial charge in [-0.15, -0.1) is 0 Å². The normalized spacial score (nSPS) is 22.1. The van der Waals surface area contributed by atoms with E-state index in [1.54, 1.807) is 28.8 Å². The highest BCUT2D eigenvalue weighted by Crippen LogP contribution is 2.31. The van der Waals surface area contributed by atoms with Crippen LogP contribution in [0.15, 0.2) is 35.4 Å². The van der Waals surface area contributed by atoms with E-state index in [2.05, 4.69) is 4.98 Å². The first kappa shape index (κ1) is 19.6. The van der Waals surface area contributed by atoms with Gasteiger partial charge < -0.3 is 19.6 Å². The van der Waals surface area contributed by atoms with Gasteiger partial charge in [-0.2, -0.15) is 4.31 Å². The van der Waals surface area contributed by atoms with Crippen LogP contribution in [0.1, 0.15) is 26.2 Å². The first-order chi connectivity index (χ1) is 13.8. The van der Waals surface area contributed by atoms with Gasteiger partial charge in [-0.05, 0) is 49.0 Å². The average Bonchev–Trinajstić information content (AvgIpc) is 3.23.